The lowest BCUT2D eigenvalue weighted by Gasteiger charge is -2.21. The van der Waals surface area contributed by atoms with Gasteiger partial charge in [-0.3, -0.25) is 0 Å². The number of rotatable bonds is 9. The lowest BCUT2D eigenvalue weighted by molar-refractivity contribution is 0.0593. The molecule has 0 radical (unpaired) electrons. The average molecular weight is 299 g/mol. The van der Waals surface area contributed by atoms with Crippen LogP contribution in [-0.2, 0) is 9.47 Å². The maximum absolute atomic E-state index is 6.18. The zero-order valence-electron chi connectivity index (χ0n) is 13.4. The first kappa shape index (κ1) is 16.7. The summed E-state index contributed by atoms with van der Waals surface area (Å²) >= 11 is 0. The van der Waals surface area contributed by atoms with E-state index >= 15 is 0 Å². The van der Waals surface area contributed by atoms with Crippen molar-refractivity contribution < 1.29 is 9.47 Å². The molecule has 3 heteroatoms. The number of benzene rings is 2. The molecule has 2 aromatic rings. The van der Waals surface area contributed by atoms with E-state index in [0.29, 0.717) is 6.61 Å². The van der Waals surface area contributed by atoms with Crippen LogP contribution in [0.4, 0.5) is 0 Å². The van der Waals surface area contributed by atoms with Crippen LogP contribution in [0.3, 0.4) is 0 Å². The van der Waals surface area contributed by atoms with Crippen LogP contribution in [-0.4, -0.2) is 45.4 Å². The van der Waals surface area contributed by atoms with E-state index in [-0.39, 0.29) is 6.10 Å². The molecule has 22 heavy (non-hydrogen) atoms. The third-order valence-electron chi connectivity index (χ3n) is 3.64. The number of methoxy groups -OCH3 is 1. The Morgan fingerprint density at radius 2 is 1.32 bits per heavy atom. The summed E-state index contributed by atoms with van der Waals surface area (Å²) in [6.45, 7) is 3.24. The molecule has 2 rings (SSSR count). The molecule has 3 nitrogen and oxygen atoms in total. The number of hydrogen-bond donors (Lipinski definition) is 0. The van der Waals surface area contributed by atoms with Gasteiger partial charge in [-0.1, -0.05) is 60.7 Å². The number of nitrogens with zero attached hydrogens (tertiary/aromatic N) is 1. The molecule has 0 fully saturated rings. The minimum absolute atomic E-state index is 0.0155. The Bertz CT molecular complexity index is 476. The Labute approximate surface area is 133 Å². The van der Waals surface area contributed by atoms with Gasteiger partial charge in [0.2, 0.25) is 0 Å². The fraction of sp³-hybridized carbons (Fsp3) is 0.368. The predicted molar refractivity (Wildman–Crippen MR) is 90.1 cm³/mol. The van der Waals surface area contributed by atoms with Crippen LogP contribution in [0.1, 0.15) is 17.2 Å². The van der Waals surface area contributed by atoms with Crippen molar-refractivity contribution in [1.29, 1.82) is 0 Å². The van der Waals surface area contributed by atoms with Crippen LogP contribution in [0.2, 0.25) is 0 Å². The smallest absolute Gasteiger partial charge is 0.108 e. The second-order valence-electron chi connectivity index (χ2n) is 5.37. The van der Waals surface area contributed by atoms with Crippen LogP contribution < -0.4 is 0 Å². The van der Waals surface area contributed by atoms with Gasteiger partial charge in [0, 0.05) is 20.2 Å². The van der Waals surface area contributed by atoms with E-state index in [1.807, 2.05) is 12.1 Å². The normalized spacial score (nSPS) is 11.3. The molecule has 0 saturated heterocycles. The highest BCUT2D eigenvalue weighted by molar-refractivity contribution is 5.29. The van der Waals surface area contributed by atoms with Crippen LogP contribution in [0.5, 0.6) is 0 Å². The van der Waals surface area contributed by atoms with E-state index in [1.54, 1.807) is 7.11 Å². The largest absolute Gasteiger partial charge is 0.383 e. The van der Waals surface area contributed by atoms with Crippen LogP contribution in [0.25, 0.3) is 0 Å². The molecule has 0 heterocycles. The molecule has 0 aliphatic heterocycles. The van der Waals surface area contributed by atoms with Gasteiger partial charge in [-0.25, -0.2) is 0 Å². The molecule has 0 aliphatic rings. The van der Waals surface area contributed by atoms with Gasteiger partial charge in [-0.2, -0.15) is 0 Å². The second kappa shape index (κ2) is 9.36. The molecule has 0 aliphatic carbocycles. The van der Waals surface area contributed by atoms with Gasteiger partial charge in [0.25, 0.3) is 0 Å². The van der Waals surface area contributed by atoms with Crippen molar-refractivity contribution in [3.8, 4) is 0 Å². The Balaban J connectivity index is 1.97. The van der Waals surface area contributed by atoms with Crippen LogP contribution >= 0.6 is 0 Å². The Kier molecular flexibility index (Phi) is 7.10. The zero-order valence-corrected chi connectivity index (χ0v) is 13.4. The zero-order chi connectivity index (χ0) is 15.6. The highest BCUT2D eigenvalue weighted by Crippen LogP contribution is 2.25. The Morgan fingerprint density at radius 3 is 1.82 bits per heavy atom. The molecule has 0 N–H and O–H groups in total. The molecule has 0 spiro atoms. The van der Waals surface area contributed by atoms with Gasteiger partial charge in [0.1, 0.15) is 6.10 Å². The van der Waals surface area contributed by atoms with Crippen LogP contribution in [0, 0.1) is 0 Å². The Hall–Kier alpha value is -1.68. The van der Waals surface area contributed by atoms with Crippen molar-refractivity contribution in [3.63, 3.8) is 0 Å². The minimum Gasteiger partial charge on any atom is -0.383 e. The van der Waals surface area contributed by atoms with Crippen molar-refractivity contribution in [3.05, 3.63) is 71.8 Å². The van der Waals surface area contributed by atoms with E-state index in [0.717, 1.165) is 19.7 Å². The number of ether oxygens (including phenoxy) is 2. The van der Waals surface area contributed by atoms with E-state index in [1.165, 1.54) is 11.1 Å². The first-order valence-electron chi connectivity index (χ1n) is 7.70. The quantitative estimate of drug-likeness (QED) is 0.708. The highest BCUT2D eigenvalue weighted by Gasteiger charge is 2.14. The van der Waals surface area contributed by atoms with E-state index < -0.39 is 0 Å². The SMILES string of the molecule is COCCN(C)CCOC(c1ccccc1)c1ccccc1. The third kappa shape index (κ3) is 5.26. The summed E-state index contributed by atoms with van der Waals surface area (Å²) in [5, 5.41) is 0. The topological polar surface area (TPSA) is 21.7 Å². The van der Waals surface area contributed by atoms with Gasteiger partial charge in [0.05, 0.1) is 13.2 Å². The van der Waals surface area contributed by atoms with Crippen molar-refractivity contribution in [1.82, 2.24) is 4.90 Å². The fourth-order valence-electron chi connectivity index (χ4n) is 2.33. The molecule has 0 unspecified atom stereocenters. The lowest BCUT2D eigenvalue weighted by Crippen LogP contribution is -2.27. The minimum atomic E-state index is -0.0155. The summed E-state index contributed by atoms with van der Waals surface area (Å²) in [4.78, 5) is 2.22. The predicted octanol–water partition coefficient (Wildman–Crippen LogP) is 3.37. The third-order valence-corrected chi connectivity index (χ3v) is 3.64. The molecule has 0 bridgehead atoms. The molecular weight excluding hydrogens is 274 g/mol. The first-order valence-corrected chi connectivity index (χ1v) is 7.70. The maximum atomic E-state index is 6.18. The van der Waals surface area contributed by atoms with E-state index in [4.69, 9.17) is 9.47 Å². The summed E-state index contributed by atoms with van der Waals surface area (Å²) in [7, 11) is 3.81. The molecule has 2 aromatic carbocycles. The molecular formula is C19H25NO2. The van der Waals surface area contributed by atoms with Gasteiger partial charge < -0.3 is 14.4 Å². The number of likely N-dealkylation sites (N-methyl/N-ethyl adjacent to an activating group) is 1. The average Bonchev–Trinajstić information content (AvgIpc) is 2.58. The summed E-state index contributed by atoms with van der Waals surface area (Å²) in [5.41, 5.74) is 2.38. The van der Waals surface area contributed by atoms with Crippen molar-refractivity contribution in [2.45, 2.75) is 6.10 Å². The Morgan fingerprint density at radius 1 is 0.818 bits per heavy atom. The fourth-order valence-corrected chi connectivity index (χ4v) is 2.33. The molecule has 118 valence electrons. The molecule has 0 aromatic heterocycles. The summed E-state index contributed by atoms with van der Waals surface area (Å²) in [5.74, 6) is 0. The molecule has 0 saturated carbocycles. The molecule has 0 amide bonds. The van der Waals surface area contributed by atoms with Gasteiger partial charge in [-0.15, -0.1) is 0 Å². The van der Waals surface area contributed by atoms with Crippen molar-refractivity contribution in [2.75, 3.05) is 40.5 Å². The van der Waals surface area contributed by atoms with E-state index in [2.05, 4.69) is 60.5 Å². The summed E-state index contributed by atoms with van der Waals surface area (Å²) in [6.07, 6.45) is -0.0155. The lowest BCUT2D eigenvalue weighted by atomic mass is 10.0. The number of hydrogen-bond acceptors (Lipinski definition) is 3. The maximum Gasteiger partial charge on any atom is 0.108 e. The first-order chi connectivity index (χ1) is 10.8. The standard InChI is InChI=1S/C19H25NO2/c1-20(13-15-21-2)14-16-22-19(17-9-5-3-6-10-17)18-11-7-4-8-12-18/h3-12,19H,13-16H2,1-2H3. The molecule has 0 atom stereocenters. The van der Waals surface area contributed by atoms with Crippen LogP contribution in [0.15, 0.2) is 60.7 Å². The van der Waals surface area contributed by atoms with E-state index in [9.17, 15) is 0 Å². The van der Waals surface area contributed by atoms with Gasteiger partial charge >= 0.3 is 0 Å². The summed E-state index contributed by atoms with van der Waals surface area (Å²) in [6, 6.07) is 20.8. The van der Waals surface area contributed by atoms with Gasteiger partial charge in [0.15, 0.2) is 0 Å². The van der Waals surface area contributed by atoms with Gasteiger partial charge in [-0.05, 0) is 18.2 Å². The van der Waals surface area contributed by atoms with Crippen molar-refractivity contribution in [2.24, 2.45) is 0 Å². The second-order valence-corrected chi connectivity index (χ2v) is 5.37. The van der Waals surface area contributed by atoms with Crippen molar-refractivity contribution >= 4 is 0 Å². The monoisotopic (exact) mass is 299 g/mol. The highest BCUT2D eigenvalue weighted by atomic mass is 16.5. The summed E-state index contributed by atoms with van der Waals surface area (Å²) < 4.78 is 11.3.